The molecule has 8 heteroatoms. The fourth-order valence-electron chi connectivity index (χ4n) is 6.39. The van der Waals surface area contributed by atoms with Gasteiger partial charge < -0.3 is 15.5 Å². The van der Waals surface area contributed by atoms with Crippen LogP contribution in [-0.4, -0.2) is 65.8 Å². The van der Waals surface area contributed by atoms with Gasteiger partial charge in [-0.25, -0.2) is 0 Å². The van der Waals surface area contributed by atoms with E-state index in [0.29, 0.717) is 31.1 Å². The van der Waals surface area contributed by atoms with E-state index in [4.69, 9.17) is 17.3 Å². The molecule has 2 N–H and O–H groups in total. The fourth-order valence-corrected chi connectivity index (χ4v) is 6.52. The number of primary amides is 1. The number of hydrogen-bond acceptors (Lipinski definition) is 4. The van der Waals surface area contributed by atoms with E-state index in [2.05, 4.69) is 4.90 Å². The first-order chi connectivity index (χ1) is 18.2. The summed E-state index contributed by atoms with van der Waals surface area (Å²) >= 11 is 6.10. The lowest BCUT2D eigenvalue weighted by Crippen LogP contribution is -2.56. The highest BCUT2D eigenvalue weighted by atomic mass is 35.5. The lowest BCUT2D eigenvalue weighted by Gasteiger charge is -2.42. The van der Waals surface area contributed by atoms with Crippen molar-refractivity contribution >= 4 is 35.0 Å². The summed E-state index contributed by atoms with van der Waals surface area (Å²) in [4.78, 5) is 45.5. The van der Waals surface area contributed by atoms with Gasteiger partial charge >= 0.3 is 0 Å². The van der Waals surface area contributed by atoms with Gasteiger partial charge in [0.2, 0.25) is 17.7 Å². The monoisotopic (exact) mass is 536 g/mol. The number of piperidine rings is 2. The number of anilines is 1. The number of hydrogen-bond donors (Lipinski definition) is 1. The highest BCUT2D eigenvalue weighted by molar-refractivity contribution is 6.30. The van der Waals surface area contributed by atoms with E-state index >= 15 is 0 Å². The Bertz CT molecular complexity index is 1210. The number of benzene rings is 2. The van der Waals surface area contributed by atoms with Crippen LogP contribution in [0.15, 0.2) is 48.5 Å². The molecule has 3 aliphatic rings. The molecule has 1 unspecified atom stereocenters. The van der Waals surface area contributed by atoms with E-state index in [9.17, 15) is 14.4 Å². The number of nitrogens with two attached hydrogens (primary N) is 1. The number of rotatable bonds is 6. The van der Waals surface area contributed by atoms with Gasteiger partial charge in [0.15, 0.2) is 0 Å². The largest absolute Gasteiger partial charge is 0.369 e. The standard InChI is InChI=1S/C30H37ClN4O3/c1-30(2)24-7-3-4-8-25(24)35(29(30)38)23-13-16-33(17-14-23)28(37)26(18-20-9-11-22(31)12-10-20)34-15-5-6-21(19-34)27(32)36/h3-4,7-12,21,23,26H,5-6,13-19H2,1-2H3,(H2,32,36)/t21?,26-/m0/s1. The van der Waals surface area contributed by atoms with Crippen LogP contribution in [0.3, 0.4) is 0 Å². The summed E-state index contributed by atoms with van der Waals surface area (Å²) < 4.78 is 0. The van der Waals surface area contributed by atoms with Gasteiger partial charge in [0.1, 0.15) is 0 Å². The molecule has 0 saturated carbocycles. The Morgan fingerprint density at radius 1 is 1.03 bits per heavy atom. The lowest BCUT2D eigenvalue weighted by molar-refractivity contribution is -0.140. The quantitative estimate of drug-likeness (QED) is 0.609. The minimum absolute atomic E-state index is 0.0680. The zero-order chi connectivity index (χ0) is 27.0. The van der Waals surface area contributed by atoms with E-state index in [0.717, 1.165) is 49.0 Å². The molecule has 3 amide bonds. The molecule has 38 heavy (non-hydrogen) atoms. The molecule has 2 fully saturated rings. The van der Waals surface area contributed by atoms with Gasteiger partial charge in [-0.2, -0.15) is 0 Å². The predicted octanol–water partition coefficient (Wildman–Crippen LogP) is 3.76. The van der Waals surface area contributed by atoms with Crippen LogP contribution >= 0.6 is 11.6 Å². The molecule has 0 bridgehead atoms. The van der Waals surface area contributed by atoms with Gasteiger partial charge in [-0.15, -0.1) is 0 Å². The molecule has 2 atom stereocenters. The Morgan fingerprint density at radius 3 is 2.39 bits per heavy atom. The predicted molar refractivity (Wildman–Crippen MR) is 149 cm³/mol. The van der Waals surface area contributed by atoms with Crippen molar-refractivity contribution in [2.75, 3.05) is 31.1 Å². The first-order valence-electron chi connectivity index (χ1n) is 13.7. The number of carbonyl (C=O) groups is 3. The average Bonchev–Trinajstić information content (AvgIpc) is 3.13. The van der Waals surface area contributed by atoms with Crippen LogP contribution in [0.25, 0.3) is 0 Å². The van der Waals surface area contributed by atoms with Crippen molar-refractivity contribution in [2.24, 2.45) is 11.7 Å². The van der Waals surface area contributed by atoms with Crippen LogP contribution < -0.4 is 10.6 Å². The molecule has 3 heterocycles. The molecule has 0 aromatic heterocycles. The van der Waals surface area contributed by atoms with Crippen molar-refractivity contribution in [3.05, 3.63) is 64.7 Å². The van der Waals surface area contributed by atoms with Crippen LogP contribution in [-0.2, 0) is 26.2 Å². The van der Waals surface area contributed by atoms with Crippen molar-refractivity contribution in [1.82, 2.24) is 9.80 Å². The molecular formula is C30H37ClN4O3. The number of nitrogens with zero attached hydrogens (tertiary/aromatic N) is 3. The highest BCUT2D eigenvalue weighted by Crippen LogP contribution is 2.43. The number of para-hydroxylation sites is 1. The minimum Gasteiger partial charge on any atom is -0.369 e. The maximum Gasteiger partial charge on any atom is 0.240 e. The average molecular weight is 537 g/mol. The normalized spacial score (nSPS) is 22.8. The second kappa shape index (κ2) is 10.7. The van der Waals surface area contributed by atoms with Crippen LogP contribution in [0.1, 0.15) is 50.7 Å². The Morgan fingerprint density at radius 2 is 1.71 bits per heavy atom. The molecule has 7 nitrogen and oxygen atoms in total. The summed E-state index contributed by atoms with van der Waals surface area (Å²) in [6, 6.07) is 15.4. The van der Waals surface area contributed by atoms with Crippen molar-refractivity contribution < 1.29 is 14.4 Å². The molecule has 3 aliphatic heterocycles. The van der Waals surface area contributed by atoms with E-state index in [1.54, 1.807) is 0 Å². The van der Waals surface area contributed by atoms with Gasteiger partial charge in [0.25, 0.3) is 0 Å². The summed E-state index contributed by atoms with van der Waals surface area (Å²) in [5.74, 6) is -0.321. The summed E-state index contributed by atoms with van der Waals surface area (Å²) in [5.41, 5.74) is 8.21. The summed E-state index contributed by atoms with van der Waals surface area (Å²) in [6.07, 6.45) is 3.62. The first-order valence-corrected chi connectivity index (χ1v) is 14.0. The number of fused-ring (bicyclic) bond motifs is 1. The minimum atomic E-state index is -0.543. The smallest absolute Gasteiger partial charge is 0.240 e. The summed E-state index contributed by atoms with van der Waals surface area (Å²) in [6.45, 7) is 6.45. The van der Waals surface area contributed by atoms with Crippen LogP contribution in [0.4, 0.5) is 5.69 Å². The molecule has 2 aromatic rings. The van der Waals surface area contributed by atoms with Gasteiger partial charge in [0, 0.05) is 36.4 Å². The SMILES string of the molecule is CC1(C)C(=O)N(C2CCN(C(=O)[C@H](Cc3ccc(Cl)cc3)N3CCCC(C(N)=O)C3)CC2)c2ccccc21. The molecule has 0 radical (unpaired) electrons. The number of carbonyl (C=O) groups excluding carboxylic acids is 3. The molecular weight excluding hydrogens is 500 g/mol. The molecule has 5 rings (SSSR count). The maximum atomic E-state index is 14.0. The number of likely N-dealkylation sites (tertiary alicyclic amines) is 2. The van der Waals surface area contributed by atoms with Crippen LogP contribution in [0.2, 0.25) is 5.02 Å². The van der Waals surface area contributed by atoms with Crippen molar-refractivity contribution in [2.45, 2.75) is 63.5 Å². The number of amides is 3. The van der Waals surface area contributed by atoms with Crippen LogP contribution in [0, 0.1) is 5.92 Å². The van der Waals surface area contributed by atoms with Gasteiger partial charge in [-0.3, -0.25) is 19.3 Å². The summed E-state index contributed by atoms with van der Waals surface area (Å²) in [7, 11) is 0. The number of halogens is 1. The Balaban J connectivity index is 1.31. The zero-order valence-corrected chi connectivity index (χ0v) is 23.0. The molecule has 0 aliphatic carbocycles. The molecule has 2 aromatic carbocycles. The third-order valence-corrected chi connectivity index (χ3v) is 8.91. The third-order valence-electron chi connectivity index (χ3n) is 8.66. The Kier molecular flexibility index (Phi) is 7.51. The molecule has 2 saturated heterocycles. The van der Waals surface area contributed by atoms with Gasteiger partial charge in [0.05, 0.1) is 17.4 Å². The highest BCUT2D eigenvalue weighted by Gasteiger charge is 2.47. The Labute approximate surface area is 229 Å². The van der Waals surface area contributed by atoms with Gasteiger partial charge in [-0.1, -0.05) is 41.9 Å². The van der Waals surface area contributed by atoms with Crippen molar-refractivity contribution in [3.63, 3.8) is 0 Å². The van der Waals surface area contributed by atoms with E-state index < -0.39 is 5.41 Å². The van der Waals surface area contributed by atoms with Crippen molar-refractivity contribution in [3.8, 4) is 0 Å². The molecule has 0 spiro atoms. The molecule has 202 valence electrons. The van der Waals surface area contributed by atoms with E-state index in [1.807, 2.05) is 72.2 Å². The zero-order valence-electron chi connectivity index (χ0n) is 22.2. The lowest BCUT2D eigenvalue weighted by atomic mass is 9.86. The third kappa shape index (κ3) is 5.06. The first kappa shape index (κ1) is 26.7. The second-order valence-corrected chi connectivity index (χ2v) is 11.9. The maximum absolute atomic E-state index is 14.0. The van der Waals surface area contributed by atoms with Gasteiger partial charge in [-0.05, 0) is 81.8 Å². The van der Waals surface area contributed by atoms with E-state index in [-0.39, 0.29) is 35.7 Å². The fraction of sp³-hybridized carbons (Fsp3) is 0.500. The second-order valence-electron chi connectivity index (χ2n) is 11.5. The van der Waals surface area contributed by atoms with Crippen molar-refractivity contribution in [1.29, 1.82) is 0 Å². The Hall–Kier alpha value is -2.90. The topological polar surface area (TPSA) is 87.0 Å². The summed E-state index contributed by atoms with van der Waals surface area (Å²) in [5, 5.41) is 0.659. The van der Waals surface area contributed by atoms with Crippen LogP contribution in [0.5, 0.6) is 0 Å². The van der Waals surface area contributed by atoms with E-state index in [1.165, 1.54) is 0 Å².